The number of sulfonamides is 1. The van der Waals surface area contributed by atoms with Crippen LogP contribution >= 0.6 is 11.3 Å². The lowest BCUT2D eigenvalue weighted by Crippen LogP contribution is -2.14. The Morgan fingerprint density at radius 3 is 2.62 bits per heavy atom. The van der Waals surface area contributed by atoms with Gasteiger partial charge >= 0.3 is 4.87 Å². The number of halogens is 1. The van der Waals surface area contributed by atoms with Gasteiger partial charge in [-0.1, -0.05) is 11.3 Å². The maximum atomic E-state index is 13.2. The van der Waals surface area contributed by atoms with E-state index in [1.165, 1.54) is 19.1 Å². The summed E-state index contributed by atoms with van der Waals surface area (Å²) in [4.78, 5) is 11.8. The van der Waals surface area contributed by atoms with Crippen LogP contribution in [0.4, 0.5) is 10.1 Å². The number of hydrogen-bond donors (Lipinski definition) is 1. The molecular weight excluding hydrogens is 351 g/mol. The summed E-state index contributed by atoms with van der Waals surface area (Å²) in [6.07, 6.45) is 0. The molecule has 0 aliphatic carbocycles. The first-order chi connectivity index (χ1) is 11.3. The minimum absolute atomic E-state index is 0.0170. The molecule has 0 unspecified atom stereocenters. The third-order valence-electron chi connectivity index (χ3n) is 3.66. The van der Waals surface area contributed by atoms with Crippen molar-refractivity contribution in [3.8, 4) is 0 Å². The van der Waals surface area contributed by atoms with Crippen LogP contribution in [-0.2, 0) is 16.6 Å². The van der Waals surface area contributed by atoms with E-state index in [1.54, 1.807) is 22.8 Å². The van der Waals surface area contributed by atoms with Crippen molar-refractivity contribution < 1.29 is 12.8 Å². The molecule has 1 heterocycles. The van der Waals surface area contributed by atoms with Gasteiger partial charge < -0.3 is 0 Å². The zero-order chi connectivity index (χ0) is 17.5. The normalized spacial score (nSPS) is 11.8. The Morgan fingerprint density at radius 1 is 1.21 bits per heavy atom. The lowest BCUT2D eigenvalue weighted by molar-refractivity contribution is 0.598. The van der Waals surface area contributed by atoms with Crippen molar-refractivity contribution in [1.82, 2.24) is 4.57 Å². The molecule has 0 aliphatic rings. The fourth-order valence-corrected chi connectivity index (χ4v) is 4.83. The fraction of sp³-hybridized carbons (Fsp3) is 0.188. The molecule has 24 heavy (non-hydrogen) atoms. The summed E-state index contributed by atoms with van der Waals surface area (Å²) in [5.74, 6) is -0.487. The number of nitrogens with one attached hydrogen (secondary N) is 1. The quantitative estimate of drug-likeness (QED) is 0.770. The molecule has 0 aliphatic heterocycles. The van der Waals surface area contributed by atoms with Crippen LogP contribution in [0.3, 0.4) is 0 Å². The molecular formula is C16H15FN2O3S2. The van der Waals surface area contributed by atoms with Gasteiger partial charge in [-0.25, -0.2) is 12.8 Å². The van der Waals surface area contributed by atoms with E-state index in [1.807, 2.05) is 6.92 Å². The first-order valence-corrected chi connectivity index (χ1v) is 9.54. The van der Waals surface area contributed by atoms with Crippen molar-refractivity contribution in [3.63, 3.8) is 0 Å². The van der Waals surface area contributed by atoms with E-state index in [0.717, 1.165) is 22.9 Å². The fourth-order valence-electron chi connectivity index (χ4n) is 2.55. The SMILES string of the molecule is CCn1c(=O)sc2cc(NS(=O)(=O)c3ccc(F)cc3C)ccc21. The monoisotopic (exact) mass is 366 g/mol. The van der Waals surface area contributed by atoms with E-state index >= 15 is 0 Å². The predicted octanol–water partition coefficient (Wildman–Crippen LogP) is 3.33. The summed E-state index contributed by atoms with van der Waals surface area (Å²) >= 11 is 1.07. The second-order valence-corrected chi connectivity index (χ2v) is 7.95. The van der Waals surface area contributed by atoms with Gasteiger partial charge in [0.05, 0.1) is 20.8 Å². The summed E-state index contributed by atoms with van der Waals surface area (Å²) in [6.45, 7) is 3.97. The van der Waals surface area contributed by atoms with E-state index in [2.05, 4.69) is 4.72 Å². The van der Waals surface area contributed by atoms with Crippen LogP contribution in [0, 0.1) is 12.7 Å². The van der Waals surface area contributed by atoms with Crippen LogP contribution in [0.15, 0.2) is 46.1 Å². The Bertz CT molecular complexity index is 1080. The molecule has 0 spiro atoms. The Hall–Kier alpha value is -2.19. The second kappa shape index (κ2) is 6.03. The van der Waals surface area contributed by atoms with Gasteiger partial charge in [0.2, 0.25) is 0 Å². The van der Waals surface area contributed by atoms with E-state index in [-0.39, 0.29) is 9.77 Å². The number of hydrogen-bond acceptors (Lipinski definition) is 4. The average Bonchev–Trinajstić information content (AvgIpc) is 2.80. The molecule has 5 nitrogen and oxygen atoms in total. The van der Waals surface area contributed by atoms with Gasteiger partial charge in [-0.05, 0) is 55.8 Å². The number of aromatic nitrogens is 1. The molecule has 0 bridgehead atoms. The summed E-state index contributed by atoms with van der Waals surface area (Å²) in [6, 6.07) is 8.47. The predicted molar refractivity (Wildman–Crippen MR) is 93.7 cm³/mol. The minimum atomic E-state index is -3.84. The molecule has 3 aromatic rings. The molecule has 0 saturated heterocycles. The zero-order valence-electron chi connectivity index (χ0n) is 13.0. The molecule has 1 N–H and O–H groups in total. The Kier molecular flexibility index (Phi) is 4.18. The first-order valence-electron chi connectivity index (χ1n) is 7.24. The van der Waals surface area contributed by atoms with Crippen molar-refractivity contribution in [2.45, 2.75) is 25.3 Å². The average molecular weight is 366 g/mol. The summed E-state index contributed by atoms with van der Waals surface area (Å²) in [5.41, 5.74) is 1.45. The topological polar surface area (TPSA) is 68.2 Å². The Balaban J connectivity index is 2.01. The van der Waals surface area contributed by atoms with Crippen LogP contribution in [-0.4, -0.2) is 13.0 Å². The third-order valence-corrected chi connectivity index (χ3v) is 6.15. The molecule has 3 rings (SSSR count). The minimum Gasteiger partial charge on any atom is -0.299 e. The van der Waals surface area contributed by atoms with Crippen molar-refractivity contribution >= 4 is 37.3 Å². The Labute approximate surface area is 142 Å². The van der Waals surface area contributed by atoms with Crippen LogP contribution in [0.25, 0.3) is 10.2 Å². The van der Waals surface area contributed by atoms with E-state index in [0.29, 0.717) is 22.5 Å². The van der Waals surface area contributed by atoms with E-state index in [4.69, 9.17) is 0 Å². The molecule has 1 aromatic heterocycles. The van der Waals surface area contributed by atoms with Crippen LogP contribution in [0.1, 0.15) is 12.5 Å². The standard InChI is InChI=1S/C16H15FN2O3S2/c1-3-19-13-6-5-12(9-14(13)23-16(19)20)18-24(21,22)15-7-4-11(17)8-10(15)2/h4-9,18H,3H2,1-2H3. The third kappa shape index (κ3) is 2.94. The molecule has 0 fully saturated rings. The highest BCUT2D eigenvalue weighted by Gasteiger charge is 2.18. The maximum Gasteiger partial charge on any atom is 0.308 e. The highest BCUT2D eigenvalue weighted by Crippen LogP contribution is 2.25. The highest BCUT2D eigenvalue weighted by atomic mass is 32.2. The number of thiazole rings is 1. The summed E-state index contributed by atoms with van der Waals surface area (Å²) < 4.78 is 43.0. The van der Waals surface area contributed by atoms with Gasteiger partial charge in [0.25, 0.3) is 10.0 Å². The van der Waals surface area contributed by atoms with Crippen molar-refractivity contribution in [2.24, 2.45) is 0 Å². The van der Waals surface area contributed by atoms with Crippen LogP contribution < -0.4 is 9.60 Å². The molecule has 0 amide bonds. The zero-order valence-corrected chi connectivity index (χ0v) is 14.7. The second-order valence-electron chi connectivity index (χ2n) is 5.31. The van der Waals surface area contributed by atoms with Gasteiger partial charge in [-0.2, -0.15) is 0 Å². The lowest BCUT2D eigenvalue weighted by atomic mass is 10.2. The summed E-state index contributed by atoms with van der Waals surface area (Å²) in [7, 11) is -3.84. The van der Waals surface area contributed by atoms with Gasteiger partial charge in [0.1, 0.15) is 5.82 Å². The van der Waals surface area contributed by atoms with Crippen molar-refractivity contribution in [1.29, 1.82) is 0 Å². The number of fused-ring (bicyclic) bond motifs is 1. The lowest BCUT2D eigenvalue weighted by Gasteiger charge is -2.10. The highest BCUT2D eigenvalue weighted by molar-refractivity contribution is 7.92. The molecule has 126 valence electrons. The summed E-state index contributed by atoms with van der Waals surface area (Å²) in [5, 5.41) is 0. The number of rotatable bonds is 4. The van der Waals surface area contributed by atoms with Gasteiger partial charge in [0.15, 0.2) is 0 Å². The van der Waals surface area contributed by atoms with Crippen molar-refractivity contribution in [2.75, 3.05) is 4.72 Å². The van der Waals surface area contributed by atoms with Gasteiger partial charge in [-0.3, -0.25) is 14.1 Å². The number of nitrogens with zero attached hydrogens (tertiary/aromatic N) is 1. The number of benzene rings is 2. The van der Waals surface area contributed by atoms with E-state index in [9.17, 15) is 17.6 Å². The molecule has 2 aromatic carbocycles. The largest absolute Gasteiger partial charge is 0.308 e. The molecule has 8 heteroatoms. The van der Waals surface area contributed by atoms with Crippen LogP contribution in [0.5, 0.6) is 0 Å². The first kappa shape index (κ1) is 16.7. The number of aryl methyl sites for hydroxylation is 2. The van der Waals surface area contributed by atoms with Gasteiger partial charge in [-0.15, -0.1) is 0 Å². The van der Waals surface area contributed by atoms with E-state index < -0.39 is 15.8 Å². The Morgan fingerprint density at radius 2 is 1.96 bits per heavy atom. The number of anilines is 1. The smallest absolute Gasteiger partial charge is 0.299 e. The molecule has 0 radical (unpaired) electrons. The maximum absolute atomic E-state index is 13.2. The van der Waals surface area contributed by atoms with Crippen molar-refractivity contribution in [3.05, 3.63) is 57.4 Å². The molecule has 0 saturated carbocycles. The van der Waals surface area contributed by atoms with Gasteiger partial charge in [0, 0.05) is 6.54 Å². The van der Waals surface area contributed by atoms with Crippen LogP contribution in [0.2, 0.25) is 0 Å². The molecule has 0 atom stereocenters.